The number of rotatable bonds is 3. The lowest BCUT2D eigenvalue weighted by Gasteiger charge is -2.31. The van der Waals surface area contributed by atoms with Gasteiger partial charge in [-0.15, -0.1) is 0 Å². The summed E-state index contributed by atoms with van der Waals surface area (Å²) >= 11 is 0. The molecule has 1 fully saturated rings. The Balaban J connectivity index is 1.86. The third-order valence-corrected chi connectivity index (χ3v) is 3.58. The summed E-state index contributed by atoms with van der Waals surface area (Å²) in [6.07, 6.45) is 3.20. The van der Waals surface area contributed by atoms with Crippen molar-refractivity contribution in [2.24, 2.45) is 5.92 Å². The van der Waals surface area contributed by atoms with Crippen LogP contribution in [-0.2, 0) is 11.2 Å². The van der Waals surface area contributed by atoms with Gasteiger partial charge in [-0.05, 0) is 36.8 Å². The fraction of sp³-hybridized carbons (Fsp3) is 0.533. The van der Waals surface area contributed by atoms with E-state index in [1.165, 1.54) is 12.5 Å². The average molecular weight is 249 g/mol. The van der Waals surface area contributed by atoms with E-state index in [-0.39, 0.29) is 11.7 Å². The van der Waals surface area contributed by atoms with E-state index in [1.54, 1.807) is 12.1 Å². The lowest BCUT2D eigenvalue weighted by Crippen LogP contribution is -2.39. The molecule has 2 nitrogen and oxygen atoms in total. The molecule has 1 heterocycles. The summed E-state index contributed by atoms with van der Waals surface area (Å²) in [5.41, 5.74) is 0.635. The van der Waals surface area contributed by atoms with Crippen molar-refractivity contribution < 1.29 is 9.18 Å². The molecule has 0 N–H and O–H groups in total. The van der Waals surface area contributed by atoms with Crippen LogP contribution < -0.4 is 0 Å². The second-order valence-electron chi connectivity index (χ2n) is 5.18. The summed E-state index contributed by atoms with van der Waals surface area (Å²) < 4.78 is 13.4. The maximum absolute atomic E-state index is 13.4. The van der Waals surface area contributed by atoms with E-state index in [0.717, 1.165) is 19.5 Å². The third-order valence-electron chi connectivity index (χ3n) is 3.58. The predicted molar refractivity (Wildman–Crippen MR) is 69.7 cm³/mol. The molecule has 1 aliphatic heterocycles. The predicted octanol–water partition coefficient (Wildman–Crippen LogP) is 3.02. The number of carbonyl (C=O) groups excluding carboxylic acids is 1. The largest absolute Gasteiger partial charge is 0.342 e. The molecule has 18 heavy (non-hydrogen) atoms. The molecule has 0 unspecified atom stereocenters. The van der Waals surface area contributed by atoms with E-state index in [1.807, 2.05) is 11.0 Å². The summed E-state index contributed by atoms with van der Waals surface area (Å²) in [5, 5.41) is 0. The van der Waals surface area contributed by atoms with Gasteiger partial charge in [0.1, 0.15) is 5.82 Å². The van der Waals surface area contributed by atoms with Crippen LogP contribution in [0, 0.1) is 11.7 Å². The first-order valence-corrected chi connectivity index (χ1v) is 6.68. The van der Waals surface area contributed by atoms with Gasteiger partial charge in [0.2, 0.25) is 5.91 Å². The van der Waals surface area contributed by atoms with Gasteiger partial charge in [0.15, 0.2) is 0 Å². The first-order valence-electron chi connectivity index (χ1n) is 6.68. The van der Waals surface area contributed by atoms with Gasteiger partial charge in [-0.1, -0.05) is 25.1 Å². The van der Waals surface area contributed by atoms with Crippen molar-refractivity contribution in [2.45, 2.75) is 32.6 Å². The molecular weight excluding hydrogens is 229 g/mol. The summed E-state index contributed by atoms with van der Waals surface area (Å²) in [6.45, 7) is 3.90. The Morgan fingerprint density at radius 1 is 1.44 bits per heavy atom. The standard InChI is InChI=1S/C15H20FNO/c1-12-5-4-10-17(11-12)15(18)9-8-13-6-2-3-7-14(13)16/h2-3,6-7,12H,4-5,8-11H2,1H3/t12-/m0/s1. The molecule has 0 bridgehead atoms. The zero-order valence-electron chi connectivity index (χ0n) is 10.9. The number of carbonyl (C=O) groups is 1. The second-order valence-corrected chi connectivity index (χ2v) is 5.18. The topological polar surface area (TPSA) is 20.3 Å². The van der Waals surface area contributed by atoms with E-state index >= 15 is 0 Å². The summed E-state index contributed by atoms with van der Waals surface area (Å²) in [7, 11) is 0. The van der Waals surface area contributed by atoms with Gasteiger partial charge >= 0.3 is 0 Å². The smallest absolute Gasteiger partial charge is 0.222 e. The first-order chi connectivity index (χ1) is 8.66. The molecular formula is C15H20FNO. The molecule has 0 spiro atoms. The molecule has 1 aromatic carbocycles. The maximum atomic E-state index is 13.4. The SMILES string of the molecule is C[C@H]1CCCN(C(=O)CCc2ccccc2F)C1. The molecule has 1 amide bonds. The molecule has 3 heteroatoms. The Morgan fingerprint density at radius 2 is 2.22 bits per heavy atom. The van der Waals surface area contributed by atoms with Crippen LogP contribution in [-0.4, -0.2) is 23.9 Å². The van der Waals surface area contributed by atoms with Crippen molar-refractivity contribution in [3.8, 4) is 0 Å². The fourth-order valence-electron chi connectivity index (χ4n) is 2.52. The molecule has 1 aliphatic rings. The lowest BCUT2D eigenvalue weighted by atomic mass is 9.99. The quantitative estimate of drug-likeness (QED) is 0.806. The number of halogens is 1. The molecule has 0 saturated carbocycles. The van der Waals surface area contributed by atoms with Crippen LogP contribution in [0.3, 0.4) is 0 Å². The van der Waals surface area contributed by atoms with E-state index in [4.69, 9.17) is 0 Å². The number of benzene rings is 1. The maximum Gasteiger partial charge on any atom is 0.222 e. The summed E-state index contributed by atoms with van der Waals surface area (Å²) in [6, 6.07) is 6.68. The molecule has 2 rings (SSSR count). The molecule has 0 radical (unpaired) electrons. The second kappa shape index (κ2) is 5.98. The van der Waals surface area contributed by atoms with Crippen molar-refractivity contribution >= 4 is 5.91 Å². The number of likely N-dealkylation sites (tertiary alicyclic amines) is 1. The van der Waals surface area contributed by atoms with E-state index in [0.29, 0.717) is 24.3 Å². The van der Waals surface area contributed by atoms with E-state index in [9.17, 15) is 9.18 Å². The Kier molecular flexibility index (Phi) is 4.34. The minimum Gasteiger partial charge on any atom is -0.342 e. The first kappa shape index (κ1) is 13.1. The molecule has 98 valence electrons. The number of amides is 1. The minimum absolute atomic E-state index is 0.157. The van der Waals surface area contributed by atoms with Crippen LogP contribution in [0.1, 0.15) is 31.7 Å². The van der Waals surface area contributed by atoms with Crippen molar-refractivity contribution in [2.75, 3.05) is 13.1 Å². The number of aryl methyl sites for hydroxylation is 1. The summed E-state index contributed by atoms with van der Waals surface area (Å²) in [5.74, 6) is 0.540. The monoisotopic (exact) mass is 249 g/mol. The fourth-order valence-corrected chi connectivity index (χ4v) is 2.52. The highest BCUT2D eigenvalue weighted by Gasteiger charge is 2.20. The third kappa shape index (κ3) is 3.31. The lowest BCUT2D eigenvalue weighted by molar-refractivity contribution is -0.132. The van der Waals surface area contributed by atoms with Crippen LogP contribution in [0.4, 0.5) is 4.39 Å². The van der Waals surface area contributed by atoms with E-state index in [2.05, 4.69) is 6.92 Å². The van der Waals surface area contributed by atoms with Gasteiger partial charge < -0.3 is 4.90 Å². The molecule has 0 aromatic heterocycles. The minimum atomic E-state index is -0.211. The van der Waals surface area contributed by atoms with Crippen molar-refractivity contribution in [3.63, 3.8) is 0 Å². The summed E-state index contributed by atoms with van der Waals surface area (Å²) in [4.78, 5) is 14.0. The van der Waals surface area contributed by atoms with Gasteiger partial charge in [-0.3, -0.25) is 4.79 Å². The normalized spacial score (nSPS) is 19.9. The zero-order chi connectivity index (χ0) is 13.0. The molecule has 1 saturated heterocycles. The van der Waals surface area contributed by atoms with Crippen molar-refractivity contribution in [1.29, 1.82) is 0 Å². The Morgan fingerprint density at radius 3 is 2.94 bits per heavy atom. The molecule has 1 aromatic rings. The van der Waals surface area contributed by atoms with Crippen LogP contribution >= 0.6 is 0 Å². The highest BCUT2D eigenvalue weighted by atomic mass is 19.1. The van der Waals surface area contributed by atoms with Gasteiger partial charge in [0.05, 0.1) is 0 Å². The van der Waals surface area contributed by atoms with Gasteiger partial charge in [-0.2, -0.15) is 0 Å². The van der Waals surface area contributed by atoms with Crippen LogP contribution in [0.15, 0.2) is 24.3 Å². The highest BCUT2D eigenvalue weighted by Crippen LogP contribution is 2.17. The Hall–Kier alpha value is -1.38. The number of hydrogen-bond donors (Lipinski definition) is 0. The van der Waals surface area contributed by atoms with E-state index < -0.39 is 0 Å². The van der Waals surface area contributed by atoms with Gasteiger partial charge in [-0.25, -0.2) is 4.39 Å². The highest BCUT2D eigenvalue weighted by molar-refractivity contribution is 5.76. The number of nitrogens with zero attached hydrogens (tertiary/aromatic N) is 1. The van der Waals surface area contributed by atoms with Crippen LogP contribution in [0.5, 0.6) is 0 Å². The van der Waals surface area contributed by atoms with Crippen molar-refractivity contribution in [3.05, 3.63) is 35.6 Å². The Labute approximate surface area is 108 Å². The van der Waals surface area contributed by atoms with Crippen LogP contribution in [0.2, 0.25) is 0 Å². The van der Waals surface area contributed by atoms with Crippen molar-refractivity contribution in [1.82, 2.24) is 4.90 Å². The zero-order valence-corrected chi connectivity index (χ0v) is 10.9. The van der Waals surface area contributed by atoms with Gasteiger partial charge in [0.25, 0.3) is 0 Å². The average Bonchev–Trinajstić information content (AvgIpc) is 2.37. The molecule has 1 atom stereocenters. The number of hydrogen-bond acceptors (Lipinski definition) is 1. The Bertz CT molecular complexity index is 419. The van der Waals surface area contributed by atoms with Crippen LogP contribution in [0.25, 0.3) is 0 Å². The molecule has 0 aliphatic carbocycles. The van der Waals surface area contributed by atoms with Gasteiger partial charge in [0, 0.05) is 19.5 Å². The number of piperidine rings is 1.